The van der Waals surface area contributed by atoms with Gasteiger partial charge in [0.1, 0.15) is 5.54 Å². The molecule has 0 saturated heterocycles. The highest BCUT2D eigenvalue weighted by atomic mass is 32.1. The van der Waals surface area contributed by atoms with E-state index in [1.54, 1.807) is 0 Å². The van der Waals surface area contributed by atoms with Crippen molar-refractivity contribution in [2.45, 2.75) is 44.9 Å². The Labute approximate surface area is 112 Å². The number of alkyl halides is 3. The van der Waals surface area contributed by atoms with Crippen LogP contribution in [0, 0.1) is 13.8 Å². The molecule has 0 bridgehead atoms. The highest BCUT2D eigenvalue weighted by Crippen LogP contribution is 2.49. The van der Waals surface area contributed by atoms with Crippen molar-refractivity contribution in [3.05, 3.63) is 22.5 Å². The maximum atomic E-state index is 12.9. The van der Waals surface area contributed by atoms with Gasteiger partial charge >= 0.3 is 6.18 Å². The molecule has 3 rings (SSSR count). The predicted molar refractivity (Wildman–Crippen MR) is 67.4 cm³/mol. The predicted octanol–water partition coefficient (Wildman–Crippen LogP) is 3.20. The number of hydrogen-bond donors (Lipinski definition) is 1. The van der Waals surface area contributed by atoms with Crippen LogP contribution >= 0.6 is 11.3 Å². The van der Waals surface area contributed by atoms with Gasteiger partial charge in [0.2, 0.25) is 0 Å². The first-order chi connectivity index (χ1) is 8.84. The third kappa shape index (κ3) is 1.95. The van der Waals surface area contributed by atoms with Crippen LogP contribution in [0.15, 0.2) is 5.38 Å². The normalized spacial score (nSPS) is 18.2. The number of imidazole rings is 1. The third-order valence-electron chi connectivity index (χ3n) is 3.72. The van der Waals surface area contributed by atoms with E-state index >= 15 is 0 Å². The first kappa shape index (κ1) is 12.9. The van der Waals surface area contributed by atoms with Gasteiger partial charge in [-0.25, -0.2) is 4.98 Å². The van der Waals surface area contributed by atoms with E-state index in [1.807, 2.05) is 23.6 Å². The largest absolute Gasteiger partial charge is 0.406 e. The lowest BCUT2D eigenvalue weighted by molar-refractivity contribution is -0.166. The molecule has 2 aromatic rings. The summed E-state index contributed by atoms with van der Waals surface area (Å²) in [6, 6.07) is 0. The molecular weight excluding hydrogens is 275 g/mol. The first-order valence-electron chi connectivity index (χ1n) is 6.08. The Morgan fingerprint density at radius 2 is 2.11 bits per heavy atom. The van der Waals surface area contributed by atoms with Crippen molar-refractivity contribution in [1.82, 2.24) is 14.7 Å². The number of aromatic nitrogens is 2. The van der Waals surface area contributed by atoms with Crippen LogP contribution in [0.5, 0.6) is 0 Å². The quantitative estimate of drug-likeness (QED) is 0.940. The Bertz CT molecular complexity index is 622. The lowest BCUT2D eigenvalue weighted by Crippen LogP contribution is -2.44. The standard InChI is InChI=1S/C12H14F3N3S/c1-7-6-19-10-17-8(2)9(18(7)10)5-16-11(3-4-11)12(13,14)15/h6,16H,3-5H2,1-2H3. The second-order valence-corrected chi connectivity index (χ2v) is 5.91. The molecule has 0 unspecified atom stereocenters. The zero-order valence-corrected chi connectivity index (χ0v) is 11.5. The van der Waals surface area contributed by atoms with Crippen molar-refractivity contribution in [3.63, 3.8) is 0 Å². The molecule has 1 aliphatic carbocycles. The van der Waals surface area contributed by atoms with Gasteiger partial charge in [-0.1, -0.05) is 0 Å². The minimum Gasteiger partial charge on any atom is -0.298 e. The van der Waals surface area contributed by atoms with E-state index in [0.29, 0.717) is 0 Å². The zero-order chi connectivity index (χ0) is 13.8. The second kappa shape index (κ2) is 3.96. The summed E-state index contributed by atoms with van der Waals surface area (Å²) < 4.78 is 40.6. The Morgan fingerprint density at radius 3 is 2.68 bits per heavy atom. The van der Waals surface area contributed by atoms with E-state index in [1.165, 1.54) is 11.3 Å². The van der Waals surface area contributed by atoms with Gasteiger partial charge in [-0.15, -0.1) is 11.3 Å². The molecular formula is C12H14F3N3S. The van der Waals surface area contributed by atoms with E-state index in [2.05, 4.69) is 10.3 Å². The minimum atomic E-state index is -4.17. The summed E-state index contributed by atoms with van der Waals surface area (Å²) in [5, 5.41) is 4.64. The fourth-order valence-electron chi connectivity index (χ4n) is 2.31. The van der Waals surface area contributed by atoms with Crippen LogP contribution in [-0.4, -0.2) is 21.1 Å². The monoisotopic (exact) mass is 289 g/mol. The van der Waals surface area contributed by atoms with Crippen LogP contribution < -0.4 is 5.32 Å². The van der Waals surface area contributed by atoms with Gasteiger partial charge in [0.15, 0.2) is 4.96 Å². The van der Waals surface area contributed by atoms with Gasteiger partial charge in [-0.3, -0.25) is 9.72 Å². The Hall–Kier alpha value is -1.08. The van der Waals surface area contributed by atoms with Gasteiger partial charge in [-0.05, 0) is 26.7 Å². The number of thiazole rings is 1. The summed E-state index contributed by atoms with van der Waals surface area (Å²) in [5.41, 5.74) is 0.951. The molecule has 0 aromatic carbocycles. The number of hydrogen-bond acceptors (Lipinski definition) is 3. The molecule has 7 heteroatoms. The molecule has 1 fully saturated rings. The number of aryl methyl sites for hydroxylation is 2. The van der Waals surface area contributed by atoms with Crippen LogP contribution in [0.3, 0.4) is 0 Å². The molecule has 0 amide bonds. The minimum absolute atomic E-state index is 0.167. The molecule has 2 heterocycles. The molecule has 1 N–H and O–H groups in total. The summed E-state index contributed by atoms with van der Waals surface area (Å²) in [6.07, 6.45) is -3.84. The summed E-state index contributed by atoms with van der Waals surface area (Å²) in [7, 11) is 0. The van der Waals surface area contributed by atoms with Crippen molar-refractivity contribution in [2.75, 3.05) is 0 Å². The number of nitrogens with zero attached hydrogens (tertiary/aromatic N) is 2. The lowest BCUT2D eigenvalue weighted by atomic mass is 10.2. The van der Waals surface area contributed by atoms with Crippen molar-refractivity contribution >= 4 is 16.3 Å². The number of fused-ring (bicyclic) bond motifs is 1. The molecule has 3 nitrogen and oxygen atoms in total. The third-order valence-corrected chi connectivity index (χ3v) is 4.66. The Balaban J connectivity index is 1.86. The van der Waals surface area contributed by atoms with Crippen LogP contribution in [0.2, 0.25) is 0 Å². The highest BCUT2D eigenvalue weighted by Gasteiger charge is 2.63. The fraction of sp³-hybridized carbons (Fsp3) is 0.583. The highest BCUT2D eigenvalue weighted by molar-refractivity contribution is 7.15. The van der Waals surface area contributed by atoms with Crippen LogP contribution in [-0.2, 0) is 6.54 Å². The Kier molecular flexibility index (Phi) is 2.69. The topological polar surface area (TPSA) is 29.3 Å². The number of halogens is 3. The summed E-state index contributed by atoms with van der Waals surface area (Å²) in [6.45, 7) is 3.97. The van der Waals surface area contributed by atoms with Gasteiger partial charge in [0.25, 0.3) is 0 Å². The zero-order valence-electron chi connectivity index (χ0n) is 10.6. The van der Waals surface area contributed by atoms with Crippen LogP contribution in [0.4, 0.5) is 13.2 Å². The molecule has 19 heavy (non-hydrogen) atoms. The van der Waals surface area contributed by atoms with E-state index in [0.717, 1.165) is 22.0 Å². The van der Waals surface area contributed by atoms with Crippen molar-refractivity contribution in [1.29, 1.82) is 0 Å². The lowest BCUT2D eigenvalue weighted by Gasteiger charge is -2.20. The second-order valence-electron chi connectivity index (χ2n) is 5.07. The Morgan fingerprint density at radius 1 is 1.42 bits per heavy atom. The van der Waals surface area contributed by atoms with Gasteiger partial charge in [0.05, 0.1) is 11.4 Å². The molecule has 0 spiro atoms. The molecule has 0 radical (unpaired) electrons. The average Bonchev–Trinajstić information content (AvgIpc) is 2.94. The van der Waals surface area contributed by atoms with E-state index in [9.17, 15) is 13.2 Å². The van der Waals surface area contributed by atoms with E-state index in [-0.39, 0.29) is 19.4 Å². The molecule has 0 aliphatic heterocycles. The van der Waals surface area contributed by atoms with Crippen molar-refractivity contribution in [2.24, 2.45) is 0 Å². The molecule has 0 atom stereocenters. The van der Waals surface area contributed by atoms with Crippen molar-refractivity contribution in [3.8, 4) is 0 Å². The maximum Gasteiger partial charge on any atom is 0.406 e. The van der Waals surface area contributed by atoms with Crippen molar-refractivity contribution < 1.29 is 13.2 Å². The van der Waals surface area contributed by atoms with Crippen LogP contribution in [0.1, 0.15) is 29.9 Å². The number of nitrogens with one attached hydrogen (secondary N) is 1. The summed E-state index contributed by atoms with van der Waals surface area (Å²) in [5.74, 6) is 0. The van der Waals surface area contributed by atoms with Gasteiger partial charge in [-0.2, -0.15) is 13.2 Å². The van der Waals surface area contributed by atoms with Gasteiger partial charge < -0.3 is 0 Å². The molecule has 1 saturated carbocycles. The number of rotatable bonds is 3. The first-order valence-corrected chi connectivity index (χ1v) is 6.96. The molecule has 1 aliphatic rings. The average molecular weight is 289 g/mol. The molecule has 104 valence electrons. The summed E-state index contributed by atoms with van der Waals surface area (Å²) in [4.78, 5) is 5.21. The SMILES string of the molecule is Cc1nc2scc(C)n2c1CNC1(C(F)(F)F)CC1. The van der Waals surface area contributed by atoms with Gasteiger partial charge in [0, 0.05) is 17.6 Å². The van der Waals surface area contributed by atoms with E-state index < -0.39 is 11.7 Å². The molecule has 2 aromatic heterocycles. The van der Waals surface area contributed by atoms with E-state index in [4.69, 9.17) is 0 Å². The van der Waals surface area contributed by atoms with Crippen LogP contribution in [0.25, 0.3) is 4.96 Å². The summed E-state index contributed by atoms with van der Waals surface area (Å²) >= 11 is 1.51. The smallest absolute Gasteiger partial charge is 0.298 e. The fourth-order valence-corrected chi connectivity index (χ4v) is 3.24. The maximum absolute atomic E-state index is 12.9.